The molecule has 0 aliphatic rings. The lowest BCUT2D eigenvalue weighted by Crippen LogP contribution is -2.32. The minimum absolute atomic E-state index is 0.0485. The van der Waals surface area contributed by atoms with Crippen LogP contribution in [0.1, 0.15) is 24.9 Å². The molecule has 0 aliphatic heterocycles. The summed E-state index contributed by atoms with van der Waals surface area (Å²) in [5.74, 6) is 0.898. The predicted octanol–water partition coefficient (Wildman–Crippen LogP) is 4.73. The van der Waals surface area contributed by atoms with Gasteiger partial charge in [-0.1, -0.05) is 19.1 Å². The Bertz CT molecular complexity index is 678. The van der Waals surface area contributed by atoms with Crippen LogP contribution in [-0.2, 0) is 0 Å². The molecule has 134 valence electrons. The van der Waals surface area contributed by atoms with Crippen LogP contribution < -0.4 is 20.1 Å². The standard InChI is InChI=1S/C18H20F2N2O2S/c1-3-16(12-4-8-14(23-2)9-5-12)22-18(25)21-13-6-10-15(11-7-13)24-17(19)20/h4-11,16-17H,3H2,1-2H3,(H2,21,22,25)/t16-/m1/s1. The van der Waals surface area contributed by atoms with Gasteiger partial charge in [0.1, 0.15) is 11.5 Å². The number of methoxy groups -OCH3 is 1. The van der Waals surface area contributed by atoms with Crippen molar-refractivity contribution in [3.63, 3.8) is 0 Å². The number of benzene rings is 2. The molecule has 0 unspecified atom stereocenters. The highest BCUT2D eigenvalue weighted by molar-refractivity contribution is 7.80. The Morgan fingerprint density at radius 2 is 1.64 bits per heavy atom. The molecule has 1 atom stereocenters. The summed E-state index contributed by atoms with van der Waals surface area (Å²) < 4.78 is 33.8. The molecular formula is C18H20F2N2O2S. The first-order valence-corrected chi connectivity index (χ1v) is 8.19. The summed E-state index contributed by atoms with van der Waals surface area (Å²) >= 11 is 5.33. The number of alkyl halides is 2. The molecule has 2 aromatic carbocycles. The highest BCUT2D eigenvalue weighted by atomic mass is 32.1. The van der Waals surface area contributed by atoms with Crippen molar-refractivity contribution < 1.29 is 18.3 Å². The minimum atomic E-state index is -2.84. The van der Waals surface area contributed by atoms with Gasteiger partial charge in [0.15, 0.2) is 5.11 Å². The van der Waals surface area contributed by atoms with E-state index in [2.05, 4.69) is 22.3 Å². The van der Waals surface area contributed by atoms with Crippen molar-refractivity contribution in [3.05, 3.63) is 54.1 Å². The maximum atomic E-state index is 12.1. The van der Waals surface area contributed by atoms with Crippen LogP contribution in [0.2, 0.25) is 0 Å². The maximum absolute atomic E-state index is 12.1. The van der Waals surface area contributed by atoms with E-state index in [0.717, 1.165) is 17.7 Å². The molecule has 2 rings (SSSR count). The van der Waals surface area contributed by atoms with E-state index in [9.17, 15) is 8.78 Å². The average Bonchev–Trinajstić information content (AvgIpc) is 2.61. The number of hydrogen-bond acceptors (Lipinski definition) is 3. The first kappa shape index (κ1) is 18.9. The SMILES string of the molecule is CC[C@@H](NC(=S)Nc1ccc(OC(F)F)cc1)c1ccc(OC)cc1. The predicted molar refractivity (Wildman–Crippen MR) is 98.5 cm³/mol. The maximum Gasteiger partial charge on any atom is 0.387 e. The van der Waals surface area contributed by atoms with Gasteiger partial charge in [-0.25, -0.2) is 0 Å². The molecule has 0 bridgehead atoms. The topological polar surface area (TPSA) is 42.5 Å². The smallest absolute Gasteiger partial charge is 0.387 e. The van der Waals surface area contributed by atoms with E-state index < -0.39 is 6.61 Å². The summed E-state index contributed by atoms with van der Waals surface area (Å²) in [7, 11) is 1.63. The molecule has 0 aliphatic carbocycles. The third-order valence-electron chi connectivity index (χ3n) is 3.57. The molecule has 7 heteroatoms. The largest absolute Gasteiger partial charge is 0.497 e. The van der Waals surface area contributed by atoms with Crippen molar-refractivity contribution in [2.75, 3.05) is 12.4 Å². The number of rotatable bonds is 7. The Morgan fingerprint density at radius 3 is 2.16 bits per heavy atom. The Morgan fingerprint density at radius 1 is 1.04 bits per heavy atom. The number of halogens is 2. The summed E-state index contributed by atoms with van der Waals surface area (Å²) in [6.07, 6.45) is 0.843. The highest BCUT2D eigenvalue weighted by Crippen LogP contribution is 2.21. The van der Waals surface area contributed by atoms with E-state index >= 15 is 0 Å². The Labute approximate surface area is 151 Å². The Kier molecular flexibility index (Phi) is 6.94. The molecule has 0 fully saturated rings. The number of hydrogen-bond donors (Lipinski definition) is 2. The van der Waals surface area contributed by atoms with Gasteiger partial charge in [-0.2, -0.15) is 8.78 Å². The summed E-state index contributed by atoms with van der Waals surface area (Å²) in [6, 6.07) is 14.0. The second-order valence-corrected chi connectivity index (χ2v) is 5.64. The van der Waals surface area contributed by atoms with Crippen LogP contribution in [0.3, 0.4) is 0 Å². The Hall–Kier alpha value is -2.41. The van der Waals surface area contributed by atoms with Gasteiger partial charge in [0, 0.05) is 5.69 Å². The second kappa shape index (κ2) is 9.17. The number of nitrogens with one attached hydrogen (secondary N) is 2. The van der Waals surface area contributed by atoms with Crippen molar-refractivity contribution >= 4 is 23.0 Å². The van der Waals surface area contributed by atoms with E-state index in [1.165, 1.54) is 12.1 Å². The van der Waals surface area contributed by atoms with E-state index in [0.29, 0.717) is 10.8 Å². The first-order chi connectivity index (χ1) is 12.0. The summed E-state index contributed by atoms with van der Waals surface area (Å²) in [5, 5.41) is 6.73. The fraction of sp³-hybridized carbons (Fsp3) is 0.278. The molecule has 0 amide bonds. The van der Waals surface area contributed by atoms with Crippen molar-refractivity contribution in [2.24, 2.45) is 0 Å². The van der Waals surface area contributed by atoms with Gasteiger partial charge in [-0.15, -0.1) is 0 Å². The molecule has 0 saturated heterocycles. The van der Waals surface area contributed by atoms with Gasteiger partial charge in [-0.3, -0.25) is 0 Å². The van der Waals surface area contributed by atoms with Gasteiger partial charge in [0.05, 0.1) is 13.2 Å². The van der Waals surface area contributed by atoms with Crippen LogP contribution in [0, 0.1) is 0 Å². The average molecular weight is 366 g/mol. The molecule has 25 heavy (non-hydrogen) atoms. The normalized spacial score (nSPS) is 11.7. The van der Waals surface area contributed by atoms with Gasteiger partial charge in [0.2, 0.25) is 0 Å². The molecule has 0 spiro atoms. The fourth-order valence-electron chi connectivity index (χ4n) is 2.30. The van der Waals surface area contributed by atoms with Crippen LogP contribution >= 0.6 is 12.2 Å². The van der Waals surface area contributed by atoms with E-state index in [1.807, 2.05) is 24.3 Å². The quantitative estimate of drug-likeness (QED) is 0.693. The molecule has 0 aromatic heterocycles. The molecule has 0 saturated carbocycles. The molecule has 0 heterocycles. The molecule has 2 aromatic rings. The molecule has 0 radical (unpaired) electrons. The zero-order valence-electron chi connectivity index (χ0n) is 14.0. The lowest BCUT2D eigenvalue weighted by Gasteiger charge is -2.20. The zero-order valence-corrected chi connectivity index (χ0v) is 14.8. The van der Waals surface area contributed by atoms with E-state index in [-0.39, 0.29) is 11.8 Å². The van der Waals surface area contributed by atoms with E-state index in [1.54, 1.807) is 19.2 Å². The molecule has 2 N–H and O–H groups in total. The lowest BCUT2D eigenvalue weighted by molar-refractivity contribution is -0.0498. The van der Waals surface area contributed by atoms with Gasteiger partial charge < -0.3 is 20.1 Å². The highest BCUT2D eigenvalue weighted by Gasteiger charge is 2.11. The molecule has 4 nitrogen and oxygen atoms in total. The second-order valence-electron chi connectivity index (χ2n) is 5.24. The zero-order chi connectivity index (χ0) is 18.2. The molecular weight excluding hydrogens is 346 g/mol. The third-order valence-corrected chi connectivity index (χ3v) is 3.79. The number of anilines is 1. The Balaban J connectivity index is 1.95. The summed E-state index contributed by atoms with van der Waals surface area (Å²) in [4.78, 5) is 0. The van der Waals surface area contributed by atoms with E-state index in [4.69, 9.17) is 17.0 Å². The van der Waals surface area contributed by atoms with Crippen molar-refractivity contribution in [1.82, 2.24) is 5.32 Å². The summed E-state index contributed by atoms with van der Waals surface area (Å²) in [5.41, 5.74) is 1.77. The lowest BCUT2D eigenvalue weighted by atomic mass is 10.0. The van der Waals surface area contributed by atoms with Crippen LogP contribution in [-0.4, -0.2) is 18.8 Å². The van der Waals surface area contributed by atoms with Crippen LogP contribution in [0.4, 0.5) is 14.5 Å². The third kappa shape index (κ3) is 5.86. The van der Waals surface area contributed by atoms with Gasteiger partial charge in [-0.05, 0) is 60.6 Å². The fourth-order valence-corrected chi connectivity index (χ4v) is 2.56. The van der Waals surface area contributed by atoms with Crippen molar-refractivity contribution in [2.45, 2.75) is 26.0 Å². The van der Waals surface area contributed by atoms with Gasteiger partial charge in [0.25, 0.3) is 0 Å². The summed E-state index contributed by atoms with van der Waals surface area (Å²) in [6.45, 7) is -0.780. The van der Waals surface area contributed by atoms with Crippen molar-refractivity contribution in [1.29, 1.82) is 0 Å². The van der Waals surface area contributed by atoms with Gasteiger partial charge >= 0.3 is 6.61 Å². The minimum Gasteiger partial charge on any atom is -0.497 e. The number of thiocarbonyl (C=S) groups is 1. The first-order valence-electron chi connectivity index (χ1n) is 7.78. The van der Waals surface area contributed by atoms with Crippen molar-refractivity contribution in [3.8, 4) is 11.5 Å². The number of ether oxygens (including phenoxy) is 2. The van der Waals surface area contributed by atoms with Crippen LogP contribution in [0.5, 0.6) is 11.5 Å². The van der Waals surface area contributed by atoms with Crippen LogP contribution in [0.15, 0.2) is 48.5 Å². The monoisotopic (exact) mass is 366 g/mol. The van der Waals surface area contributed by atoms with Crippen LogP contribution in [0.25, 0.3) is 0 Å².